The van der Waals surface area contributed by atoms with Gasteiger partial charge >= 0.3 is 0 Å². The van der Waals surface area contributed by atoms with Crippen LogP contribution in [-0.4, -0.2) is 8.42 Å². The van der Waals surface area contributed by atoms with Crippen molar-refractivity contribution in [3.63, 3.8) is 0 Å². The van der Waals surface area contributed by atoms with Gasteiger partial charge in [-0.25, -0.2) is 13.1 Å². The Kier molecular flexibility index (Phi) is 4.41. The molecule has 2 heterocycles. The van der Waals surface area contributed by atoms with Crippen LogP contribution in [0.3, 0.4) is 0 Å². The van der Waals surface area contributed by atoms with E-state index >= 15 is 0 Å². The lowest BCUT2D eigenvalue weighted by molar-refractivity contribution is 0.584. The van der Waals surface area contributed by atoms with Crippen LogP contribution in [0.4, 0.5) is 0 Å². The van der Waals surface area contributed by atoms with Gasteiger partial charge in [0.2, 0.25) is 10.0 Å². The number of nitrogens with one attached hydrogen (secondary N) is 1. The summed E-state index contributed by atoms with van der Waals surface area (Å²) >= 11 is 8.32. The molecule has 0 bridgehead atoms. The van der Waals surface area contributed by atoms with Gasteiger partial charge in [0, 0.05) is 22.8 Å². The number of nitrogens with two attached hydrogens (primary N) is 1. The molecule has 0 saturated carbocycles. The summed E-state index contributed by atoms with van der Waals surface area (Å²) in [6, 6.07) is 6.83. The molecular weight excluding hydrogens is 312 g/mol. The van der Waals surface area contributed by atoms with Gasteiger partial charge in [0.05, 0.1) is 4.34 Å². The predicted octanol–water partition coefficient (Wildman–Crippen LogP) is 2.40. The molecule has 98 valence electrons. The van der Waals surface area contributed by atoms with Crippen molar-refractivity contribution < 1.29 is 8.42 Å². The zero-order valence-electron chi connectivity index (χ0n) is 9.22. The summed E-state index contributed by atoms with van der Waals surface area (Å²) in [4.78, 5) is 1.72. The monoisotopic (exact) mass is 322 g/mol. The lowest BCUT2D eigenvalue weighted by Gasteiger charge is -2.02. The Morgan fingerprint density at radius 1 is 1.17 bits per heavy atom. The molecule has 0 saturated heterocycles. The van der Waals surface area contributed by atoms with Crippen LogP contribution in [0.25, 0.3) is 0 Å². The highest BCUT2D eigenvalue weighted by atomic mass is 35.5. The summed E-state index contributed by atoms with van der Waals surface area (Å²) in [6.45, 7) is 0.594. The molecule has 2 aromatic rings. The van der Waals surface area contributed by atoms with Crippen molar-refractivity contribution in [2.45, 2.75) is 17.3 Å². The normalized spacial score (nSPS) is 11.9. The first-order chi connectivity index (χ1) is 8.51. The molecule has 18 heavy (non-hydrogen) atoms. The van der Waals surface area contributed by atoms with Crippen molar-refractivity contribution in [3.05, 3.63) is 38.4 Å². The molecule has 0 aliphatic carbocycles. The fourth-order valence-corrected chi connectivity index (χ4v) is 4.70. The first-order valence-electron chi connectivity index (χ1n) is 5.04. The van der Waals surface area contributed by atoms with E-state index in [0.717, 1.165) is 9.75 Å². The summed E-state index contributed by atoms with van der Waals surface area (Å²) in [5.41, 5.74) is 5.46. The molecule has 0 radical (unpaired) electrons. The molecule has 2 aromatic heterocycles. The van der Waals surface area contributed by atoms with E-state index in [-0.39, 0.29) is 10.8 Å². The van der Waals surface area contributed by atoms with Gasteiger partial charge in [0.1, 0.15) is 4.21 Å². The topological polar surface area (TPSA) is 72.2 Å². The van der Waals surface area contributed by atoms with Crippen molar-refractivity contribution in [2.75, 3.05) is 0 Å². The van der Waals surface area contributed by atoms with Gasteiger partial charge < -0.3 is 5.73 Å². The summed E-state index contributed by atoms with van der Waals surface area (Å²) < 4.78 is 27.4. The van der Waals surface area contributed by atoms with E-state index in [2.05, 4.69) is 4.72 Å². The lowest BCUT2D eigenvalue weighted by atomic mass is 10.5. The van der Waals surface area contributed by atoms with Crippen LogP contribution in [0, 0.1) is 0 Å². The number of hydrogen-bond acceptors (Lipinski definition) is 5. The Morgan fingerprint density at radius 2 is 1.89 bits per heavy atom. The third-order valence-corrected chi connectivity index (χ3v) is 6.40. The minimum Gasteiger partial charge on any atom is -0.326 e. The highest BCUT2D eigenvalue weighted by Crippen LogP contribution is 2.23. The Labute approximate surface area is 118 Å². The molecule has 0 fully saturated rings. The van der Waals surface area contributed by atoms with Gasteiger partial charge in [-0.3, -0.25) is 0 Å². The third kappa shape index (κ3) is 3.31. The second-order valence-corrected chi connectivity index (χ2v) is 8.42. The molecule has 0 amide bonds. The van der Waals surface area contributed by atoms with E-state index in [9.17, 15) is 8.42 Å². The largest absolute Gasteiger partial charge is 0.326 e. The Balaban J connectivity index is 2.07. The highest BCUT2D eigenvalue weighted by molar-refractivity contribution is 7.91. The SMILES string of the molecule is NCc1ccc(S(=O)(=O)NCc2ccc(Cl)s2)s1. The molecule has 0 aromatic carbocycles. The maximum Gasteiger partial charge on any atom is 0.250 e. The van der Waals surface area contributed by atoms with Crippen molar-refractivity contribution in [2.24, 2.45) is 5.73 Å². The molecule has 0 atom stereocenters. The van der Waals surface area contributed by atoms with Gasteiger partial charge in [-0.15, -0.1) is 22.7 Å². The maximum atomic E-state index is 12.0. The summed E-state index contributed by atoms with van der Waals surface area (Å²) in [7, 11) is -3.46. The third-order valence-electron chi connectivity index (χ3n) is 2.17. The zero-order valence-corrected chi connectivity index (χ0v) is 12.4. The van der Waals surface area contributed by atoms with E-state index in [1.54, 1.807) is 24.3 Å². The Bertz CT molecular complexity index is 633. The van der Waals surface area contributed by atoms with Gasteiger partial charge in [-0.05, 0) is 24.3 Å². The lowest BCUT2D eigenvalue weighted by Crippen LogP contribution is -2.21. The number of halogens is 1. The summed E-state index contributed by atoms with van der Waals surface area (Å²) in [6.07, 6.45) is 0. The molecule has 4 nitrogen and oxygen atoms in total. The van der Waals surface area contributed by atoms with Crippen molar-refractivity contribution in [1.82, 2.24) is 4.72 Å². The molecule has 8 heteroatoms. The van der Waals surface area contributed by atoms with Crippen LogP contribution in [0.2, 0.25) is 4.34 Å². The minimum atomic E-state index is -3.46. The quantitative estimate of drug-likeness (QED) is 0.888. The molecule has 0 unspecified atom stereocenters. The minimum absolute atomic E-state index is 0.246. The number of thiophene rings is 2. The number of rotatable bonds is 5. The maximum absolute atomic E-state index is 12.0. The highest BCUT2D eigenvalue weighted by Gasteiger charge is 2.16. The van der Waals surface area contributed by atoms with Crippen molar-refractivity contribution in [3.8, 4) is 0 Å². The summed E-state index contributed by atoms with van der Waals surface area (Å²) in [5, 5.41) is 0. The standard InChI is InChI=1S/C10H11ClN2O2S3/c11-9-3-1-8(16-9)6-13-18(14,15)10-4-2-7(5-12)17-10/h1-4,13H,5-6,12H2. The van der Waals surface area contributed by atoms with E-state index in [0.29, 0.717) is 10.9 Å². The molecule has 3 N–H and O–H groups in total. The number of sulfonamides is 1. The second-order valence-electron chi connectivity index (χ2n) is 3.46. The van der Waals surface area contributed by atoms with E-state index < -0.39 is 10.0 Å². The second kappa shape index (κ2) is 5.68. The van der Waals surface area contributed by atoms with Gasteiger partial charge in [-0.2, -0.15) is 0 Å². The Hall–Kier alpha value is -0.440. The van der Waals surface area contributed by atoms with E-state index in [1.165, 1.54) is 22.7 Å². The van der Waals surface area contributed by atoms with Gasteiger partial charge in [0.15, 0.2) is 0 Å². The smallest absolute Gasteiger partial charge is 0.250 e. The molecule has 2 rings (SSSR count). The Morgan fingerprint density at radius 3 is 2.44 bits per heavy atom. The van der Waals surface area contributed by atoms with Crippen LogP contribution in [-0.2, 0) is 23.1 Å². The van der Waals surface area contributed by atoms with Crippen LogP contribution in [0.15, 0.2) is 28.5 Å². The molecular formula is C10H11ClN2O2S3. The predicted molar refractivity (Wildman–Crippen MR) is 75.6 cm³/mol. The zero-order chi connectivity index (χ0) is 13.2. The summed E-state index contributed by atoms with van der Waals surface area (Å²) in [5.74, 6) is 0. The van der Waals surface area contributed by atoms with E-state index in [1.807, 2.05) is 0 Å². The van der Waals surface area contributed by atoms with Gasteiger partial charge in [-0.1, -0.05) is 11.6 Å². The molecule has 0 spiro atoms. The van der Waals surface area contributed by atoms with Crippen molar-refractivity contribution in [1.29, 1.82) is 0 Å². The van der Waals surface area contributed by atoms with Crippen LogP contribution in [0.1, 0.15) is 9.75 Å². The van der Waals surface area contributed by atoms with E-state index in [4.69, 9.17) is 17.3 Å². The number of hydrogen-bond donors (Lipinski definition) is 2. The average molecular weight is 323 g/mol. The fraction of sp³-hybridized carbons (Fsp3) is 0.200. The van der Waals surface area contributed by atoms with Crippen LogP contribution in [0.5, 0.6) is 0 Å². The van der Waals surface area contributed by atoms with Crippen LogP contribution >= 0.6 is 34.3 Å². The van der Waals surface area contributed by atoms with Gasteiger partial charge in [0.25, 0.3) is 0 Å². The fourth-order valence-electron chi connectivity index (χ4n) is 1.30. The van der Waals surface area contributed by atoms with Crippen LogP contribution < -0.4 is 10.5 Å². The first-order valence-corrected chi connectivity index (χ1v) is 8.53. The molecule has 0 aliphatic heterocycles. The van der Waals surface area contributed by atoms with Crippen molar-refractivity contribution >= 4 is 44.3 Å². The molecule has 0 aliphatic rings. The first kappa shape index (κ1) is 14.0. The average Bonchev–Trinajstić information content (AvgIpc) is 2.95.